The molecule has 72 valence electrons. The van der Waals surface area contributed by atoms with Gasteiger partial charge in [0.2, 0.25) is 5.95 Å². The van der Waals surface area contributed by atoms with E-state index in [0.717, 1.165) is 6.20 Å². The van der Waals surface area contributed by atoms with Crippen LogP contribution in [0, 0.1) is 0 Å². The Kier molecular flexibility index (Phi) is 2.87. The molecule has 0 fully saturated rings. The van der Waals surface area contributed by atoms with E-state index in [1.807, 2.05) is 0 Å². The summed E-state index contributed by atoms with van der Waals surface area (Å²) in [4.78, 5) is 6.55. The molecular weight excluding hydrogens is 227 g/mol. The molecule has 1 aromatic heterocycles. The van der Waals surface area contributed by atoms with Crippen molar-refractivity contribution in [2.45, 2.75) is 6.18 Å². The van der Waals surface area contributed by atoms with E-state index < -0.39 is 16.9 Å². The maximum Gasteiger partial charge on any atom is 0.435 e. The number of anilines is 1. The first-order valence-electron chi connectivity index (χ1n) is 2.95. The molecule has 1 N–H and O–H groups in total. The van der Waals surface area contributed by atoms with Crippen LogP contribution in [0.15, 0.2) is 6.20 Å². The minimum absolute atomic E-state index is 0.250. The summed E-state index contributed by atoms with van der Waals surface area (Å²) < 4.78 is 38.5. The van der Waals surface area contributed by atoms with Crippen LogP contribution in [0.25, 0.3) is 0 Å². The molecule has 0 radical (unpaired) electrons. The van der Waals surface area contributed by atoms with Gasteiger partial charge < -0.3 is 4.72 Å². The first-order chi connectivity index (χ1) is 5.95. The molecule has 0 aliphatic carbocycles. The number of rotatable bonds is 1. The van der Waals surface area contributed by atoms with Crippen LogP contribution in [0.2, 0.25) is 5.02 Å². The van der Waals surface area contributed by atoms with Crippen LogP contribution in [-0.4, -0.2) is 9.97 Å². The second-order valence-electron chi connectivity index (χ2n) is 2.00. The van der Waals surface area contributed by atoms with Crippen molar-refractivity contribution in [3.05, 3.63) is 16.9 Å². The molecule has 0 saturated heterocycles. The number of aromatic nitrogens is 2. The van der Waals surface area contributed by atoms with Crippen molar-refractivity contribution in [3.63, 3.8) is 0 Å². The molecule has 0 atom stereocenters. The zero-order chi connectivity index (χ0) is 10.1. The molecule has 13 heavy (non-hydrogen) atoms. The van der Waals surface area contributed by atoms with Gasteiger partial charge in [0, 0.05) is 0 Å². The molecule has 3 nitrogen and oxygen atoms in total. The maximum absolute atomic E-state index is 12.1. The topological polar surface area (TPSA) is 37.8 Å². The van der Waals surface area contributed by atoms with E-state index in [1.165, 1.54) is 0 Å². The van der Waals surface area contributed by atoms with Gasteiger partial charge in [-0.25, -0.2) is 9.97 Å². The van der Waals surface area contributed by atoms with E-state index in [4.69, 9.17) is 11.6 Å². The molecule has 1 rings (SSSR count). The molecule has 1 heterocycles. The van der Waals surface area contributed by atoms with Gasteiger partial charge in [0.05, 0.1) is 11.2 Å². The zero-order valence-electron chi connectivity index (χ0n) is 5.93. The van der Waals surface area contributed by atoms with Gasteiger partial charge in [-0.15, -0.1) is 0 Å². The average Bonchev–Trinajstić information content (AvgIpc) is 2.03. The minimum atomic E-state index is -4.58. The van der Waals surface area contributed by atoms with Crippen LogP contribution < -0.4 is 4.72 Å². The van der Waals surface area contributed by atoms with Crippen LogP contribution in [0.4, 0.5) is 19.1 Å². The summed E-state index contributed by atoms with van der Waals surface area (Å²) in [5.74, 6) is -0.250. The van der Waals surface area contributed by atoms with Gasteiger partial charge in [0.15, 0.2) is 5.69 Å². The molecule has 0 aliphatic rings. The Labute approximate surface area is 81.9 Å². The largest absolute Gasteiger partial charge is 0.435 e. The molecule has 0 bridgehead atoms. The Balaban J connectivity index is 3.19. The van der Waals surface area contributed by atoms with Gasteiger partial charge in [-0.1, -0.05) is 24.4 Å². The second-order valence-corrected chi connectivity index (χ2v) is 2.63. The molecule has 1 aromatic rings. The van der Waals surface area contributed by atoms with Crippen molar-refractivity contribution in [1.82, 2.24) is 9.97 Å². The standard InChI is InChI=1S/C5H3ClF3N3S/c6-2-1-10-4(12-13)11-3(2)5(7,8)9/h1,13H,(H,10,11,12). The highest BCUT2D eigenvalue weighted by Crippen LogP contribution is 2.32. The lowest BCUT2D eigenvalue weighted by Crippen LogP contribution is -2.10. The summed E-state index contributed by atoms with van der Waals surface area (Å²) >= 11 is 8.74. The van der Waals surface area contributed by atoms with E-state index in [2.05, 4.69) is 27.5 Å². The molecule has 0 aromatic carbocycles. The maximum atomic E-state index is 12.1. The van der Waals surface area contributed by atoms with Gasteiger partial charge in [0.1, 0.15) is 0 Å². The normalized spacial score (nSPS) is 11.5. The van der Waals surface area contributed by atoms with Gasteiger partial charge in [-0.05, 0) is 0 Å². The SMILES string of the molecule is FC(F)(F)c1nc(NS)ncc1Cl. The Hall–Kier alpha value is -0.690. The van der Waals surface area contributed by atoms with Crippen LogP contribution in [0.3, 0.4) is 0 Å². The third kappa shape index (κ3) is 2.38. The third-order valence-corrected chi connectivity index (χ3v) is 1.59. The number of nitrogens with one attached hydrogen (secondary N) is 1. The van der Waals surface area contributed by atoms with Gasteiger partial charge in [-0.2, -0.15) is 13.2 Å². The summed E-state index contributed by atoms with van der Waals surface area (Å²) in [5.41, 5.74) is -1.18. The second kappa shape index (κ2) is 3.59. The van der Waals surface area contributed by atoms with Crippen molar-refractivity contribution in [1.29, 1.82) is 0 Å². The zero-order valence-corrected chi connectivity index (χ0v) is 7.58. The van der Waals surface area contributed by atoms with Crippen molar-refractivity contribution < 1.29 is 13.2 Å². The predicted molar refractivity (Wildman–Crippen MR) is 44.7 cm³/mol. The van der Waals surface area contributed by atoms with E-state index >= 15 is 0 Å². The fourth-order valence-corrected chi connectivity index (χ4v) is 0.926. The smallest absolute Gasteiger partial charge is 0.301 e. The summed E-state index contributed by atoms with van der Waals surface area (Å²) in [6, 6.07) is 0. The van der Waals surface area contributed by atoms with E-state index in [0.29, 0.717) is 0 Å². The minimum Gasteiger partial charge on any atom is -0.301 e. The number of halogens is 4. The fraction of sp³-hybridized carbons (Fsp3) is 0.200. The highest BCUT2D eigenvalue weighted by atomic mass is 35.5. The monoisotopic (exact) mass is 229 g/mol. The van der Waals surface area contributed by atoms with Crippen LogP contribution in [0.1, 0.15) is 5.69 Å². The number of hydrogen-bond acceptors (Lipinski definition) is 4. The highest BCUT2D eigenvalue weighted by molar-refractivity contribution is 7.81. The summed E-state index contributed by atoms with van der Waals surface area (Å²) in [5, 5.41) is -0.542. The van der Waals surface area contributed by atoms with Crippen molar-refractivity contribution >= 4 is 30.4 Å². The van der Waals surface area contributed by atoms with Gasteiger partial charge in [0.25, 0.3) is 0 Å². The third-order valence-electron chi connectivity index (χ3n) is 1.11. The molecular formula is C5H3ClF3N3S. The van der Waals surface area contributed by atoms with E-state index in [1.54, 1.807) is 0 Å². The van der Waals surface area contributed by atoms with E-state index in [-0.39, 0.29) is 5.95 Å². The lowest BCUT2D eigenvalue weighted by atomic mass is 10.4. The molecule has 0 unspecified atom stereocenters. The van der Waals surface area contributed by atoms with E-state index in [9.17, 15) is 13.2 Å². The number of nitrogens with zero attached hydrogens (tertiary/aromatic N) is 2. The first kappa shape index (κ1) is 10.4. The molecule has 0 saturated carbocycles. The predicted octanol–water partition coefficient (Wildman–Crippen LogP) is 2.41. The van der Waals surface area contributed by atoms with Crippen molar-refractivity contribution in [3.8, 4) is 0 Å². The van der Waals surface area contributed by atoms with Crippen LogP contribution in [-0.2, 0) is 6.18 Å². The lowest BCUT2D eigenvalue weighted by Gasteiger charge is -2.07. The summed E-state index contributed by atoms with van der Waals surface area (Å²) in [6.07, 6.45) is -3.73. The Morgan fingerprint density at radius 1 is 1.46 bits per heavy atom. The van der Waals surface area contributed by atoms with Crippen molar-refractivity contribution in [2.75, 3.05) is 4.72 Å². The summed E-state index contributed by atoms with van der Waals surface area (Å²) in [7, 11) is 0. The molecule has 0 aliphatic heterocycles. The molecule has 0 spiro atoms. The quantitative estimate of drug-likeness (QED) is 0.727. The fourth-order valence-electron chi connectivity index (χ4n) is 0.620. The Bertz CT molecular complexity index is 316. The lowest BCUT2D eigenvalue weighted by molar-refractivity contribution is -0.141. The number of thiol groups is 1. The molecule has 8 heteroatoms. The van der Waals surface area contributed by atoms with Crippen molar-refractivity contribution in [2.24, 2.45) is 0 Å². The van der Waals surface area contributed by atoms with Crippen LogP contribution >= 0.6 is 24.4 Å². The summed E-state index contributed by atoms with van der Waals surface area (Å²) in [6.45, 7) is 0. The van der Waals surface area contributed by atoms with Gasteiger partial charge >= 0.3 is 6.18 Å². The first-order valence-corrected chi connectivity index (χ1v) is 3.77. The van der Waals surface area contributed by atoms with Gasteiger partial charge in [-0.3, -0.25) is 0 Å². The highest BCUT2D eigenvalue weighted by Gasteiger charge is 2.35. The molecule has 0 amide bonds. The Morgan fingerprint density at radius 2 is 2.08 bits per heavy atom. The average molecular weight is 230 g/mol. The number of alkyl halides is 3. The van der Waals surface area contributed by atoms with Crippen LogP contribution in [0.5, 0.6) is 0 Å². The number of hydrogen-bond donors (Lipinski definition) is 2. The Morgan fingerprint density at radius 3 is 2.54 bits per heavy atom.